The normalized spacial score (nSPS) is 18.1. The van der Waals surface area contributed by atoms with Crippen molar-refractivity contribution in [3.63, 3.8) is 0 Å². The molecule has 0 amide bonds. The molecule has 1 N–H and O–H groups in total. The van der Waals surface area contributed by atoms with Gasteiger partial charge in [0.15, 0.2) is 28.8 Å². The van der Waals surface area contributed by atoms with Crippen molar-refractivity contribution in [3.8, 4) is 23.0 Å². The number of imidazole rings is 1. The summed E-state index contributed by atoms with van der Waals surface area (Å²) in [5.74, 6) is 0.272. The van der Waals surface area contributed by atoms with Crippen molar-refractivity contribution >= 4 is 22.2 Å². The Labute approximate surface area is 177 Å². The Hall–Kier alpha value is -2.86. The molecule has 31 heavy (non-hydrogen) atoms. The van der Waals surface area contributed by atoms with Crippen molar-refractivity contribution in [2.24, 2.45) is 0 Å². The first kappa shape index (κ1) is 21.4. The molecule has 1 aromatic carbocycles. The third-order valence-electron chi connectivity index (χ3n) is 4.28. The lowest BCUT2D eigenvalue weighted by Gasteiger charge is -2.28. The molecule has 2 aromatic heterocycles. The summed E-state index contributed by atoms with van der Waals surface area (Å²) in [6.45, 7) is 4.42. The van der Waals surface area contributed by atoms with Gasteiger partial charge in [-0.15, -0.1) is 0 Å². The number of H-pyrrole nitrogens is 1. The minimum absolute atomic E-state index is 0.0343. The number of nitrogens with zero attached hydrogens (tertiary/aromatic N) is 2. The van der Waals surface area contributed by atoms with E-state index in [-0.39, 0.29) is 27.9 Å². The number of hydrogen-bond donors (Lipinski definition) is 1. The van der Waals surface area contributed by atoms with Gasteiger partial charge in [0, 0.05) is 35.6 Å². The van der Waals surface area contributed by atoms with Crippen LogP contribution in [-0.2, 0) is 16.9 Å². The lowest BCUT2D eigenvalue weighted by Crippen LogP contribution is -2.43. The molecule has 0 saturated carbocycles. The minimum Gasteiger partial charge on any atom is -0.609 e. The Balaban J connectivity index is 1.62. The van der Waals surface area contributed by atoms with Gasteiger partial charge in [-0.25, -0.2) is 0 Å². The molecule has 3 aromatic rings. The van der Waals surface area contributed by atoms with Gasteiger partial charge in [-0.2, -0.15) is 18.2 Å². The number of rotatable bonds is 7. The average Bonchev–Trinajstić information content (AvgIpc) is 3.12. The second-order valence-corrected chi connectivity index (χ2v) is 7.76. The second-order valence-electron chi connectivity index (χ2n) is 6.40. The van der Waals surface area contributed by atoms with Crippen molar-refractivity contribution in [1.82, 2.24) is 15.0 Å². The Morgan fingerprint density at radius 2 is 2.00 bits per heavy atom. The van der Waals surface area contributed by atoms with E-state index in [1.54, 1.807) is 13.0 Å². The first-order valence-corrected chi connectivity index (χ1v) is 10.7. The number of fused-ring (bicyclic) bond motifs is 2. The third kappa shape index (κ3) is 4.17. The third-order valence-corrected chi connectivity index (χ3v) is 5.44. The van der Waals surface area contributed by atoms with Crippen LogP contribution in [0.2, 0.25) is 0 Å². The molecule has 12 heteroatoms. The van der Waals surface area contributed by atoms with E-state index in [0.29, 0.717) is 35.9 Å². The summed E-state index contributed by atoms with van der Waals surface area (Å²) in [5, 5.41) is 0.0759. The molecule has 0 bridgehead atoms. The zero-order valence-corrected chi connectivity index (χ0v) is 17.3. The molecular formula is C19H18F3N3O5S. The number of nitrogens with one attached hydrogen (secondary N) is 1. The first-order chi connectivity index (χ1) is 14.8. The standard InChI is InChI=1S/C19H18F3N3O5S/c1-3-27-13-5-6-23-12(16(13)28-4-2)9-31(26)18-24-10-7-14-15(8-11(10)25-18)30-19(21,22)17(20)29-14/h5-8,17H,3-4,9H2,1-2H3,(H,24,25). The molecule has 0 aliphatic carbocycles. The highest BCUT2D eigenvalue weighted by Crippen LogP contribution is 2.42. The quantitative estimate of drug-likeness (QED) is 0.540. The zero-order chi connectivity index (χ0) is 22.2. The number of aromatic amines is 1. The number of halogens is 3. The van der Waals surface area contributed by atoms with E-state index in [0.717, 1.165) is 0 Å². The van der Waals surface area contributed by atoms with Crippen molar-refractivity contribution in [2.45, 2.75) is 37.2 Å². The van der Waals surface area contributed by atoms with E-state index in [9.17, 15) is 17.7 Å². The minimum atomic E-state index is -4.12. The number of alkyl halides is 3. The summed E-state index contributed by atoms with van der Waals surface area (Å²) in [6, 6.07) is 4.08. The molecular weight excluding hydrogens is 439 g/mol. The molecule has 1 aliphatic rings. The predicted molar refractivity (Wildman–Crippen MR) is 104 cm³/mol. The van der Waals surface area contributed by atoms with Gasteiger partial charge in [-0.3, -0.25) is 9.97 Å². The molecule has 3 heterocycles. The summed E-state index contributed by atoms with van der Waals surface area (Å²) in [7, 11) is 0. The molecule has 8 nitrogen and oxygen atoms in total. The van der Waals surface area contributed by atoms with Crippen LogP contribution >= 0.6 is 0 Å². The first-order valence-electron chi connectivity index (χ1n) is 9.35. The molecule has 2 unspecified atom stereocenters. The van der Waals surface area contributed by atoms with E-state index < -0.39 is 23.6 Å². The maximum Gasteiger partial charge on any atom is 0.468 e. The zero-order valence-electron chi connectivity index (χ0n) is 16.5. The van der Waals surface area contributed by atoms with Crippen LogP contribution in [0.1, 0.15) is 19.5 Å². The maximum absolute atomic E-state index is 13.4. The summed E-state index contributed by atoms with van der Waals surface area (Å²) >= 11 is -1.69. The van der Waals surface area contributed by atoms with Crippen molar-refractivity contribution in [3.05, 3.63) is 30.1 Å². The van der Waals surface area contributed by atoms with Gasteiger partial charge in [0.05, 0.1) is 24.2 Å². The molecule has 0 saturated heterocycles. The van der Waals surface area contributed by atoms with Crippen molar-refractivity contribution < 1.29 is 36.7 Å². The molecule has 1 aliphatic heterocycles. The molecule has 0 fully saturated rings. The fourth-order valence-electron chi connectivity index (χ4n) is 2.98. The number of benzene rings is 1. The predicted octanol–water partition coefficient (Wildman–Crippen LogP) is 3.72. The summed E-state index contributed by atoms with van der Waals surface area (Å²) in [5.41, 5.74) is 0.946. The van der Waals surface area contributed by atoms with Crippen LogP contribution in [-0.4, -0.2) is 45.2 Å². The fraction of sp³-hybridized carbons (Fsp3) is 0.368. The van der Waals surface area contributed by atoms with Crippen LogP contribution in [0.4, 0.5) is 13.2 Å². The monoisotopic (exact) mass is 457 g/mol. The van der Waals surface area contributed by atoms with Gasteiger partial charge < -0.3 is 23.5 Å². The van der Waals surface area contributed by atoms with Crippen LogP contribution in [0.15, 0.2) is 29.6 Å². The highest BCUT2D eigenvalue weighted by atomic mass is 32.2. The van der Waals surface area contributed by atoms with Gasteiger partial charge in [-0.05, 0) is 13.8 Å². The summed E-state index contributed by atoms with van der Waals surface area (Å²) < 4.78 is 73.3. The number of pyridine rings is 1. The van der Waals surface area contributed by atoms with E-state index in [1.807, 2.05) is 6.92 Å². The highest BCUT2D eigenvalue weighted by Gasteiger charge is 2.49. The van der Waals surface area contributed by atoms with Crippen molar-refractivity contribution in [1.29, 1.82) is 0 Å². The smallest absolute Gasteiger partial charge is 0.468 e. The van der Waals surface area contributed by atoms with Crippen LogP contribution < -0.4 is 18.9 Å². The summed E-state index contributed by atoms with van der Waals surface area (Å²) in [4.78, 5) is 11.3. The molecule has 4 rings (SSSR count). The largest absolute Gasteiger partial charge is 0.609 e. The highest BCUT2D eigenvalue weighted by molar-refractivity contribution is 7.90. The van der Waals surface area contributed by atoms with Gasteiger partial charge in [0.25, 0.3) is 0 Å². The Morgan fingerprint density at radius 1 is 1.23 bits per heavy atom. The number of ether oxygens (including phenoxy) is 4. The molecule has 166 valence electrons. The second kappa shape index (κ2) is 8.35. The van der Waals surface area contributed by atoms with Crippen LogP contribution in [0, 0.1) is 0 Å². The van der Waals surface area contributed by atoms with Gasteiger partial charge in [-0.1, -0.05) is 0 Å². The van der Waals surface area contributed by atoms with Crippen molar-refractivity contribution in [2.75, 3.05) is 13.2 Å². The van der Waals surface area contributed by atoms with Gasteiger partial charge in [0.1, 0.15) is 5.69 Å². The van der Waals surface area contributed by atoms with E-state index in [4.69, 9.17) is 9.47 Å². The Morgan fingerprint density at radius 3 is 2.74 bits per heavy atom. The van der Waals surface area contributed by atoms with E-state index in [2.05, 4.69) is 24.4 Å². The van der Waals surface area contributed by atoms with E-state index >= 15 is 0 Å². The van der Waals surface area contributed by atoms with Crippen LogP contribution in [0.5, 0.6) is 23.0 Å². The Bertz CT molecular complexity index is 1100. The fourth-order valence-corrected chi connectivity index (χ4v) is 4.00. The molecule has 2 atom stereocenters. The van der Waals surface area contributed by atoms with Crippen LogP contribution in [0.25, 0.3) is 11.0 Å². The lowest BCUT2D eigenvalue weighted by atomic mass is 10.2. The Kier molecular flexibility index (Phi) is 5.75. The maximum atomic E-state index is 13.4. The number of hydrogen-bond acceptors (Lipinski definition) is 7. The topological polar surface area (TPSA) is 102 Å². The average molecular weight is 457 g/mol. The SMILES string of the molecule is CCOc1ccnc(C[S+]([O-])c2nc3cc4c(cc3[nH]2)OC(F)C(F)(F)O4)c1OCC. The van der Waals surface area contributed by atoms with Crippen LogP contribution in [0.3, 0.4) is 0 Å². The summed E-state index contributed by atoms with van der Waals surface area (Å²) in [6.07, 6.45) is -5.53. The van der Waals surface area contributed by atoms with E-state index in [1.165, 1.54) is 18.3 Å². The van der Waals surface area contributed by atoms with Gasteiger partial charge >= 0.3 is 17.6 Å². The lowest BCUT2D eigenvalue weighted by molar-refractivity contribution is -0.281. The molecule has 0 radical (unpaired) electrons. The van der Waals surface area contributed by atoms with Gasteiger partial charge in [0.2, 0.25) is 0 Å². The number of aromatic nitrogens is 3. The molecule has 0 spiro atoms.